The zero-order valence-corrected chi connectivity index (χ0v) is 19.4. The molecule has 0 aliphatic carbocycles. The van der Waals surface area contributed by atoms with Gasteiger partial charge in [0, 0.05) is 17.1 Å². The summed E-state index contributed by atoms with van der Waals surface area (Å²) in [5.41, 5.74) is 1.62. The SMILES string of the molecule is CCS(=O)(=O)Nc1ccc(C2=NN(S(=O)(=O)c3cccc(Cl)c3)[C@H](c3ccco3)C2)cc1. The van der Waals surface area contributed by atoms with Gasteiger partial charge in [-0.1, -0.05) is 29.8 Å². The lowest BCUT2D eigenvalue weighted by Gasteiger charge is -2.21. The molecule has 2 aromatic carbocycles. The van der Waals surface area contributed by atoms with E-state index in [-0.39, 0.29) is 17.1 Å². The van der Waals surface area contributed by atoms with Gasteiger partial charge in [-0.3, -0.25) is 4.72 Å². The van der Waals surface area contributed by atoms with Crippen molar-refractivity contribution >= 4 is 43.0 Å². The predicted octanol–water partition coefficient (Wildman–Crippen LogP) is 4.23. The number of rotatable bonds is 7. The van der Waals surface area contributed by atoms with Crippen LogP contribution in [0.5, 0.6) is 0 Å². The van der Waals surface area contributed by atoms with E-state index in [1.807, 2.05) is 0 Å². The maximum Gasteiger partial charge on any atom is 0.279 e. The van der Waals surface area contributed by atoms with E-state index in [4.69, 9.17) is 16.0 Å². The van der Waals surface area contributed by atoms with Crippen LogP contribution in [0.1, 0.15) is 30.7 Å². The van der Waals surface area contributed by atoms with E-state index in [0.717, 1.165) is 4.41 Å². The van der Waals surface area contributed by atoms with Crippen LogP contribution < -0.4 is 4.72 Å². The molecule has 0 saturated carbocycles. The van der Waals surface area contributed by atoms with E-state index in [1.165, 1.54) is 18.4 Å². The smallest absolute Gasteiger partial charge is 0.279 e. The quantitative estimate of drug-likeness (QED) is 0.529. The Balaban J connectivity index is 1.70. The molecule has 2 heterocycles. The highest BCUT2D eigenvalue weighted by Gasteiger charge is 2.39. The number of hydrazone groups is 1. The summed E-state index contributed by atoms with van der Waals surface area (Å²) in [4.78, 5) is 0.0240. The summed E-state index contributed by atoms with van der Waals surface area (Å²) in [6.45, 7) is 1.55. The number of nitrogens with one attached hydrogen (secondary N) is 1. The molecule has 0 spiro atoms. The van der Waals surface area contributed by atoms with Crippen molar-refractivity contribution in [3.05, 3.63) is 83.3 Å². The van der Waals surface area contributed by atoms with Crippen molar-refractivity contribution < 1.29 is 21.3 Å². The van der Waals surface area contributed by atoms with Crippen molar-refractivity contribution in [2.75, 3.05) is 10.5 Å². The average molecular weight is 494 g/mol. The van der Waals surface area contributed by atoms with Gasteiger partial charge in [-0.2, -0.15) is 17.9 Å². The molecule has 3 aromatic rings. The average Bonchev–Trinajstić information content (AvgIpc) is 3.44. The fourth-order valence-electron chi connectivity index (χ4n) is 3.30. The van der Waals surface area contributed by atoms with Crippen LogP contribution in [0.3, 0.4) is 0 Å². The lowest BCUT2D eigenvalue weighted by molar-refractivity contribution is 0.320. The minimum absolute atomic E-state index is 0.0240. The Morgan fingerprint density at radius 1 is 1.09 bits per heavy atom. The third kappa shape index (κ3) is 4.52. The number of hydrogen-bond donors (Lipinski definition) is 1. The summed E-state index contributed by atoms with van der Waals surface area (Å²) in [7, 11) is -7.40. The summed E-state index contributed by atoms with van der Waals surface area (Å²) in [5.74, 6) is 0.421. The number of furan rings is 1. The summed E-state index contributed by atoms with van der Waals surface area (Å²) in [6.07, 6.45) is 1.76. The number of benzene rings is 2. The second-order valence-corrected chi connectivity index (χ2v) is 11.3. The molecule has 0 unspecified atom stereocenters. The van der Waals surface area contributed by atoms with Gasteiger partial charge in [0.05, 0.1) is 22.6 Å². The molecule has 1 N–H and O–H groups in total. The van der Waals surface area contributed by atoms with E-state index in [0.29, 0.717) is 27.7 Å². The highest BCUT2D eigenvalue weighted by molar-refractivity contribution is 7.92. The summed E-state index contributed by atoms with van der Waals surface area (Å²) in [5, 5.41) is 4.71. The molecule has 1 atom stereocenters. The van der Waals surface area contributed by atoms with Crippen LogP contribution in [-0.4, -0.2) is 32.7 Å². The van der Waals surface area contributed by atoms with Crippen LogP contribution in [0.25, 0.3) is 0 Å². The number of sulfonamides is 2. The Hall–Kier alpha value is -2.82. The van der Waals surface area contributed by atoms with Crippen molar-refractivity contribution in [2.45, 2.75) is 24.3 Å². The van der Waals surface area contributed by atoms with Gasteiger partial charge in [0.2, 0.25) is 10.0 Å². The Kier molecular flexibility index (Phi) is 6.02. The molecule has 1 aliphatic heterocycles. The molecule has 0 saturated heterocycles. The second kappa shape index (κ2) is 8.61. The van der Waals surface area contributed by atoms with Crippen molar-refractivity contribution in [3.8, 4) is 0 Å². The van der Waals surface area contributed by atoms with E-state index in [9.17, 15) is 16.8 Å². The monoisotopic (exact) mass is 493 g/mol. The van der Waals surface area contributed by atoms with E-state index < -0.39 is 26.1 Å². The van der Waals surface area contributed by atoms with Crippen molar-refractivity contribution in [2.24, 2.45) is 5.10 Å². The van der Waals surface area contributed by atoms with Crippen LogP contribution >= 0.6 is 11.6 Å². The standard InChI is InChI=1S/C21H20ClN3O5S2/c1-2-31(26,27)24-17-10-8-15(9-11-17)19-14-20(21-7-4-12-30-21)25(23-19)32(28,29)18-6-3-5-16(22)13-18/h3-13,20,24H,2,14H2,1H3/t20-/m0/s1. The lowest BCUT2D eigenvalue weighted by Crippen LogP contribution is -2.27. The van der Waals surface area contributed by atoms with Crippen LogP contribution in [0.2, 0.25) is 5.02 Å². The van der Waals surface area contributed by atoms with Crippen LogP contribution in [0, 0.1) is 0 Å². The van der Waals surface area contributed by atoms with Crippen molar-refractivity contribution in [3.63, 3.8) is 0 Å². The molecule has 0 radical (unpaired) electrons. The number of hydrogen-bond acceptors (Lipinski definition) is 6. The Morgan fingerprint density at radius 3 is 2.47 bits per heavy atom. The van der Waals surface area contributed by atoms with Gasteiger partial charge in [-0.15, -0.1) is 0 Å². The Labute approximate surface area is 191 Å². The van der Waals surface area contributed by atoms with Gasteiger partial charge in [0.15, 0.2) is 0 Å². The zero-order chi connectivity index (χ0) is 22.9. The van der Waals surface area contributed by atoms with Gasteiger partial charge >= 0.3 is 0 Å². The molecule has 0 bridgehead atoms. The van der Waals surface area contributed by atoms with Crippen LogP contribution in [-0.2, 0) is 20.0 Å². The van der Waals surface area contributed by atoms with Crippen LogP contribution in [0.15, 0.2) is 81.3 Å². The maximum atomic E-state index is 13.4. The van der Waals surface area contributed by atoms with Gasteiger partial charge in [-0.25, -0.2) is 8.42 Å². The number of anilines is 1. The molecule has 168 valence electrons. The van der Waals surface area contributed by atoms with E-state index in [1.54, 1.807) is 55.5 Å². The summed E-state index contributed by atoms with van der Waals surface area (Å²) >= 11 is 6.00. The number of halogens is 1. The normalized spacial score (nSPS) is 16.8. The lowest BCUT2D eigenvalue weighted by atomic mass is 10.0. The van der Waals surface area contributed by atoms with E-state index in [2.05, 4.69) is 9.82 Å². The first-order chi connectivity index (χ1) is 15.2. The predicted molar refractivity (Wildman–Crippen MR) is 123 cm³/mol. The largest absolute Gasteiger partial charge is 0.467 e. The van der Waals surface area contributed by atoms with Gasteiger partial charge in [0.25, 0.3) is 10.0 Å². The molecule has 1 aromatic heterocycles. The van der Waals surface area contributed by atoms with Gasteiger partial charge in [-0.05, 0) is 55.0 Å². The first kappa shape index (κ1) is 22.4. The molecule has 1 aliphatic rings. The molecular weight excluding hydrogens is 474 g/mol. The van der Waals surface area contributed by atoms with E-state index >= 15 is 0 Å². The Morgan fingerprint density at radius 2 is 1.84 bits per heavy atom. The Bertz CT molecular complexity index is 1350. The highest BCUT2D eigenvalue weighted by Crippen LogP contribution is 2.37. The third-order valence-corrected chi connectivity index (χ3v) is 8.18. The van der Waals surface area contributed by atoms with Crippen LogP contribution in [0.4, 0.5) is 5.69 Å². The fourth-order valence-corrected chi connectivity index (χ4v) is 5.65. The molecule has 11 heteroatoms. The highest BCUT2D eigenvalue weighted by atomic mass is 35.5. The summed E-state index contributed by atoms with van der Waals surface area (Å²) in [6, 6.07) is 15.3. The molecule has 8 nitrogen and oxygen atoms in total. The topological polar surface area (TPSA) is 109 Å². The third-order valence-electron chi connectivity index (χ3n) is 4.96. The molecule has 0 amide bonds. The first-order valence-electron chi connectivity index (χ1n) is 9.71. The minimum atomic E-state index is -4.00. The van der Waals surface area contributed by atoms with Crippen molar-refractivity contribution in [1.82, 2.24) is 4.41 Å². The fraction of sp³-hybridized carbons (Fsp3) is 0.190. The maximum absolute atomic E-state index is 13.4. The zero-order valence-electron chi connectivity index (χ0n) is 17.0. The minimum Gasteiger partial charge on any atom is -0.467 e. The molecule has 4 rings (SSSR count). The first-order valence-corrected chi connectivity index (χ1v) is 13.2. The molecule has 0 fully saturated rings. The van der Waals surface area contributed by atoms with Gasteiger partial charge < -0.3 is 4.42 Å². The number of nitrogens with zero attached hydrogens (tertiary/aromatic N) is 2. The molecule has 32 heavy (non-hydrogen) atoms. The van der Waals surface area contributed by atoms with Gasteiger partial charge in [0.1, 0.15) is 11.8 Å². The summed E-state index contributed by atoms with van der Waals surface area (Å²) < 4.78 is 59.3. The second-order valence-electron chi connectivity index (χ2n) is 7.10. The van der Waals surface area contributed by atoms with Crippen molar-refractivity contribution in [1.29, 1.82) is 0 Å². The molecular formula is C21H20ClN3O5S2.